The molecule has 14 nitrogen and oxygen atoms in total. The van der Waals surface area contributed by atoms with E-state index in [2.05, 4.69) is 0 Å². The highest BCUT2D eigenvalue weighted by Gasteiger charge is 2.52. The quantitative estimate of drug-likeness (QED) is 0.186. The van der Waals surface area contributed by atoms with Gasteiger partial charge in [-0.15, -0.1) is 0 Å². The lowest BCUT2D eigenvalue weighted by Crippen LogP contribution is -2.61. The summed E-state index contributed by atoms with van der Waals surface area (Å²) in [4.78, 5) is 0. The van der Waals surface area contributed by atoms with Crippen LogP contribution in [0.1, 0.15) is 0 Å². The van der Waals surface area contributed by atoms with Crippen LogP contribution < -0.4 is 0 Å². The predicted octanol–water partition coefficient (Wildman–Crippen LogP) is -6.29. The van der Waals surface area contributed by atoms with Crippen LogP contribution in [0.5, 0.6) is 0 Å². The first-order valence-electron chi connectivity index (χ1n) is 9.41. The van der Waals surface area contributed by atoms with E-state index in [-0.39, 0.29) is 6.61 Å². The van der Waals surface area contributed by atoms with Gasteiger partial charge in [0.2, 0.25) is 0 Å². The molecule has 0 aliphatic carbocycles. The second-order valence-corrected chi connectivity index (χ2v) is 7.40. The largest absolute Gasteiger partial charge is 0.394 e. The summed E-state index contributed by atoms with van der Waals surface area (Å²) >= 11 is 0. The summed E-state index contributed by atoms with van der Waals surface area (Å²) in [6, 6.07) is 0. The Bertz CT molecular complexity index is 550. The molecule has 0 amide bonds. The minimum Gasteiger partial charge on any atom is -0.394 e. The molecule has 3 heterocycles. The minimum absolute atomic E-state index is 0.361. The highest BCUT2D eigenvalue weighted by atomic mass is 16.8. The lowest BCUT2D eigenvalue weighted by molar-refractivity contribution is -0.350. The second kappa shape index (κ2) is 9.93. The molecule has 3 aliphatic rings. The fraction of sp³-hybridized carbons (Fsp3) is 1.00. The van der Waals surface area contributed by atoms with Crippen molar-refractivity contribution in [2.45, 2.75) is 79.9 Å². The van der Waals surface area contributed by atoms with Gasteiger partial charge in [-0.2, -0.15) is 0 Å². The molecule has 176 valence electrons. The molecule has 0 radical (unpaired) electrons. The molecular formula is C16H28O14. The Hall–Kier alpha value is -0.560. The monoisotopic (exact) mass is 444 g/mol. The van der Waals surface area contributed by atoms with Gasteiger partial charge in [0.1, 0.15) is 61.0 Å². The lowest BCUT2D eigenvalue weighted by atomic mass is 9.99. The third-order valence-corrected chi connectivity index (χ3v) is 5.34. The number of hydrogen-bond donors (Lipinski definition) is 9. The summed E-state index contributed by atoms with van der Waals surface area (Å²) < 4.78 is 26.6. The van der Waals surface area contributed by atoms with Crippen LogP contribution in [0.15, 0.2) is 0 Å². The van der Waals surface area contributed by atoms with Crippen LogP contribution in [0.25, 0.3) is 0 Å². The van der Waals surface area contributed by atoms with Gasteiger partial charge in [-0.3, -0.25) is 0 Å². The van der Waals surface area contributed by atoms with Crippen LogP contribution in [0.4, 0.5) is 0 Å². The molecule has 14 heteroatoms. The summed E-state index contributed by atoms with van der Waals surface area (Å²) in [5.41, 5.74) is 0. The Kier molecular flexibility index (Phi) is 7.97. The van der Waals surface area contributed by atoms with E-state index in [9.17, 15) is 46.0 Å². The van der Waals surface area contributed by atoms with E-state index < -0.39 is 93.1 Å². The zero-order valence-corrected chi connectivity index (χ0v) is 15.7. The van der Waals surface area contributed by atoms with Gasteiger partial charge in [0.15, 0.2) is 18.9 Å². The molecule has 9 N–H and O–H groups in total. The maximum absolute atomic E-state index is 10.4. The first-order chi connectivity index (χ1) is 14.2. The van der Waals surface area contributed by atoms with Crippen molar-refractivity contribution in [1.29, 1.82) is 0 Å². The average molecular weight is 444 g/mol. The summed E-state index contributed by atoms with van der Waals surface area (Å²) in [5, 5.41) is 88.2. The van der Waals surface area contributed by atoms with Crippen LogP contribution in [-0.2, 0) is 23.7 Å². The third-order valence-electron chi connectivity index (χ3n) is 5.34. The molecule has 0 aromatic carbocycles. The van der Waals surface area contributed by atoms with E-state index in [4.69, 9.17) is 23.7 Å². The number of hydrogen-bond acceptors (Lipinski definition) is 14. The molecule has 3 aliphatic heterocycles. The Balaban J connectivity index is 1.72. The molecule has 0 aromatic heterocycles. The maximum atomic E-state index is 10.4. The first kappa shape index (κ1) is 24.1. The number of aliphatic hydroxyl groups excluding tert-OH is 9. The fourth-order valence-electron chi connectivity index (χ4n) is 3.47. The number of rotatable bonds is 6. The van der Waals surface area contributed by atoms with Crippen molar-refractivity contribution in [3.63, 3.8) is 0 Å². The first-order valence-corrected chi connectivity index (χ1v) is 9.41. The van der Waals surface area contributed by atoms with Gasteiger partial charge in [0.05, 0.1) is 19.8 Å². The zero-order chi connectivity index (χ0) is 22.2. The van der Waals surface area contributed by atoms with E-state index >= 15 is 0 Å². The Morgan fingerprint density at radius 3 is 1.80 bits per heavy atom. The number of aliphatic hydroxyl groups is 9. The summed E-state index contributed by atoms with van der Waals surface area (Å²) in [6.07, 6.45) is -19.7. The predicted molar refractivity (Wildman–Crippen MR) is 89.2 cm³/mol. The molecule has 0 aromatic rings. The lowest BCUT2D eigenvalue weighted by Gasteiger charge is -2.41. The van der Waals surface area contributed by atoms with Crippen molar-refractivity contribution in [1.82, 2.24) is 0 Å². The van der Waals surface area contributed by atoms with E-state index in [1.54, 1.807) is 0 Å². The highest BCUT2D eigenvalue weighted by Crippen LogP contribution is 2.32. The van der Waals surface area contributed by atoms with Crippen molar-refractivity contribution in [2.75, 3.05) is 19.8 Å². The summed E-state index contributed by atoms with van der Waals surface area (Å²) in [6.45, 7) is -1.71. The normalized spacial score (nSPS) is 52.5. The molecule has 3 fully saturated rings. The minimum atomic E-state index is -1.77. The maximum Gasteiger partial charge on any atom is 0.190 e. The van der Waals surface area contributed by atoms with Gasteiger partial charge in [-0.25, -0.2) is 0 Å². The van der Waals surface area contributed by atoms with Crippen molar-refractivity contribution < 1.29 is 69.6 Å². The van der Waals surface area contributed by atoms with E-state index in [0.29, 0.717) is 0 Å². The van der Waals surface area contributed by atoms with Gasteiger partial charge in [0.25, 0.3) is 0 Å². The van der Waals surface area contributed by atoms with Crippen LogP contribution >= 0.6 is 0 Å². The van der Waals surface area contributed by atoms with E-state index in [1.807, 2.05) is 0 Å². The third kappa shape index (κ3) is 4.62. The highest BCUT2D eigenvalue weighted by molar-refractivity contribution is 4.93. The van der Waals surface area contributed by atoms with E-state index in [1.165, 1.54) is 0 Å². The molecule has 0 bridgehead atoms. The van der Waals surface area contributed by atoms with Gasteiger partial charge in [-0.1, -0.05) is 0 Å². The molecule has 3 rings (SSSR count). The molecule has 30 heavy (non-hydrogen) atoms. The van der Waals surface area contributed by atoms with Gasteiger partial charge < -0.3 is 69.6 Å². The standard InChI is InChI=1S/C16H28O14/c17-1-5-8(21)10(23)12(25)15(27-5)29-13-9(22)6(2-18)28-16(13)30-14-11(24)7(20)4(19)3-26-14/h4-25H,1-3H2/t4-,5-,6-,7+,8-,9-,10+,11-,12-,13+,14-,15+,16+/m1/s1. The Morgan fingerprint density at radius 2 is 1.17 bits per heavy atom. The SMILES string of the molecule is OC[C@H]1O[C@@H](O[C@@H]2[C@H](O[C@H]3OC[C@@H](O)[C@H](O)[C@H]3O)O[C@H](CO)[C@H]2O)[C@H](O)[C@@H](O)[C@@H]1O. The smallest absolute Gasteiger partial charge is 0.190 e. The van der Waals surface area contributed by atoms with Gasteiger partial charge in [0, 0.05) is 0 Å². The zero-order valence-electron chi connectivity index (χ0n) is 15.7. The van der Waals surface area contributed by atoms with Crippen molar-refractivity contribution in [3.8, 4) is 0 Å². The fourth-order valence-corrected chi connectivity index (χ4v) is 3.47. The number of ether oxygens (including phenoxy) is 5. The summed E-state index contributed by atoms with van der Waals surface area (Å²) in [7, 11) is 0. The molecule has 3 saturated heterocycles. The van der Waals surface area contributed by atoms with Crippen LogP contribution in [0.3, 0.4) is 0 Å². The summed E-state index contributed by atoms with van der Waals surface area (Å²) in [5.74, 6) is 0. The second-order valence-electron chi connectivity index (χ2n) is 7.40. The van der Waals surface area contributed by atoms with Crippen LogP contribution in [-0.4, -0.2) is 146 Å². The van der Waals surface area contributed by atoms with Crippen LogP contribution in [0, 0.1) is 0 Å². The van der Waals surface area contributed by atoms with Crippen molar-refractivity contribution in [2.24, 2.45) is 0 Å². The average Bonchev–Trinajstić information content (AvgIpc) is 3.03. The van der Waals surface area contributed by atoms with Crippen LogP contribution in [0.2, 0.25) is 0 Å². The van der Waals surface area contributed by atoms with E-state index in [0.717, 1.165) is 0 Å². The molecule has 13 atom stereocenters. The Labute approximate surface area is 170 Å². The molecule has 0 spiro atoms. The van der Waals surface area contributed by atoms with Gasteiger partial charge in [-0.05, 0) is 0 Å². The topological polar surface area (TPSA) is 228 Å². The Morgan fingerprint density at radius 1 is 0.600 bits per heavy atom. The molecule has 0 unspecified atom stereocenters. The van der Waals surface area contributed by atoms with Gasteiger partial charge >= 0.3 is 0 Å². The molecular weight excluding hydrogens is 416 g/mol. The van der Waals surface area contributed by atoms with Crippen molar-refractivity contribution >= 4 is 0 Å². The molecule has 0 saturated carbocycles. The van der Waals surface area contributed by atoms with Crippen molar-refractivity contribution in [3.05, 3.63) is 0 Å².